The minimum atomic E-state index is -4.09. The Labute approximate surface area is 133 Å². The lowest BCUT2D eigenvalue weighted by molar-refractivity contribution is -0.0572. The van der Waals surface area contributed by atoms with Gasteiger partial charge in [-0.25, -0.2) is 5.14 Å². The Morgan fingerprint density at radius 2 is 2.09 bits per heavy atom. The van der Waals surface area contributed by atoms with Gasteiger partial charge in [0.05, 0.1) is 12.7 Å². The summed E-state index contributed by atoms with van der Waals surface area (Å²) in [4.78, 5) is 0. The summed E-state index contributed by atoms with van der Waals surface area (Å²) in [5.74, 6) is 0.441. The average Bonchev–Trinajstić information content (AvgIpc) is 2.41. The highest BCUT2D eigenvalue weighted by molar-refractivity contribution is 7.84. The van der Waals surface area contributed by atoms with Gasteiger partial charge in [-0.2, -0.15) is 8.42 Å². The molecule has 7 heteroatoms. The summed E-state index contributed by atoms with van der Waals surface area (Å²) in [6.07, 6.45) is 3.91. The number of aliphatic hydroxyl groups is 1. The molecule has 0 bridgehead atoms. The molecule has 128 valence electrons. The normalized spacial score (nSPS) is 22.2. The predicted octanol–water partition coefficient (Wildman–Crippen LogP) is 1.66. The summed E-state index contributed by atoms with van der Waals surface area (Å²) in [5, 5.41) is 15.1. The Bertz CT molecular complexity index is 524. The monoisotopic (exact) mass is 333 g/mol. The molecule has 0 heterocycles. The third-order valence-electron chi connectivity index (χ3n) is 3.49. The van der Waals surface area contributed by atoms with Crippen molar-refractivity contribution in [1.29, 1.82) is 0 Å². The van der Waals surface area contributed by atoms with E-state index >= 15 is 0 Å². The molecule has 0 aromatic carbocycles. The Morgan fingerprint density at radius 3 is 2.59 bits per heavy atom. The zero-order valence-corrected chi connectivity index (χ0v) is 14.5. The van der Waals surface area contributed by atoms with Crippen LogP contribution in [0.3, 0.4) is 0 Å². The topological polar surface area (TPSA) is 98.8 Å². The minimum Gasteiger partial charge on any atom is -0.388 e. The maximum atomic E-state index is 10.9. The summed E-state index contributed by atoms with van der Waals surface area (Å²) in [6, 6.07) is 0. The van der Waals surface area contributed by atoms with Crippen LogP contribution in [0.1, 0.15) is 40.5 Å². The van der Waals surface area contributed by atoms with Crippen molar-refractivity contribution in [2.24, 2.45) is 11.1 Å². The van der Waals surface area contributed by atoms with Crippen LogP contribution in [0.25, 0.3) is 0 Å². The van der Waals surface area contributed by atoms with Gasteiger partial charge in [0.15, 0.2) is 0 Å². The lowest BCUT2D eigenvalue weighted by Gasteiger charge is -2.30. The van der Waals surface area contributed by atoms with Crippen molar-refractivity contribution in [2.45, 2.75) is 58.8 Å². The number of hydrogen-bond acceptors (Lipinski definition) is 5. The quantitative estimate of drug-likeness (QED) is 0.704. The van der Waals surface area contributed by atoms with Crippen LogP contribution in [0.4, 0.5) is 0 Å². The maximum absolute atomic E-state index is 10.9. The summed E-state index contributed by atoms with van der Waals surface area (Å²) in [7, 11) is -4.09. The summed E-state index contributed by atoms with van der Waals surface area (Å²) < 4.78 is 32.1. The van der Waals surface area contributed by atoms with E-state index in [0.29, 0.717) is 5.92 Å². The molecule has 0 spiro atoms. The molecule has 0 radical (unpaired) electrons. The molecule has 0 aromatic heterocycles. The Balaban J connectivity index is 2.99. The Hall–Kier alpha value is -0.730. The van der Waals surface area contributed by atoms with E-state index in [9.17, 15) is 13.5 Å². The molecule has 0 amide bonds. The number of rotatable bonds is 8. The minimum absolute atomic E-state index is 0.118. The maximum Gasteiger partial charge on any atom is 0.333 e. The highest BCUT2D eigenvalue weighted by Gasteiger charge is 2.29. The first-order valence-electron chi connectivity index (χ1n) is 7.54. The van der Waals surface area contributed by atoms with Gasteiger partial charge in [0.25, 0.3) is 0 Å². The molecule has 22 heavy (non-hydrogen) atoms. The van der Waals surface area contributed by atoms with Crippen LogP contribution >= 0.6 is 0 Å². The molecule has 6 nitrogen and oxygen atoms in total. The molecule has 1 aliphatic carbocycles. The second-order valence-electron chi connectivity index (χ2n) is 5.90. The van der Waals surface area contributed by atoms with Crippen molar-refractivity contribution in [3.05, 3.63) is 23.3 Å². The molecule has 0 aromatic rings. The molecule has 3 N–H and O–H groups in total. The Morgan fingerprint density at radius 1 is 1.45 bits per heavy atom. The van der Waals surface area contributed by atoms with Crippen molar-refractivity contribution in [2.75, 3.05) is 6.61 Å². The SMILES string of the molecule is CCC1=C(C(OC(C)C)C(O)COS(N)(=O)=O)C=CC(C)C1. The number of allylic oxidation sites excluding steroid dienone is 2. The Kier molecular flexibility index (Phi) is 7.21. The van der Waals surface area contributed by atoms with Crippen LogP contribution in [0.5, 0.6) is 0 Å². The second kappa shape index (κ2) is 8.21. The number of hydrogen-bond donors (Lipinski definition) is 2. The summed E-state index contributed by atoms with van der Waals surface area (Å²) in [5.41, 5.74) is 2.11. The van der Waals surface area contributed by atoms with E-state index in [2.05, 4.69) is 24.1 Å². The average molecular weight is 333 g/mol. The first-order chi connectivity index (χ1) is 10.1. The van der Waals surface area contributed by atoms with E-state index in [4.69, 9.17) is 9.88 Å². The van der Waals surface area contributed by atoms with Gasteiger partial charge in [-0.15, -0.1) is 0 Å². The standard InChI is InChI=1S/C15H27NO5S/c1-5-12-8-11(4)6-7-13(12)15(21-10(2)3)14(17)9-20-22(16,18)19/h6-7,10-11,14-15,17H,5,8-9H2,1-4H3,(H2,16,18,19). The first kappa shape index (κ1) is 19.3. The number of ether oxygens (including phenoxy) is 1. The van der Waals surface area contributed by atoms with Gasteiger partial charge in [-0.1, -0.05) is 31.6 Å². The zero-order chi connectivity index (χ0) is 16.9. The third-order valence-corrected chi connectivity index (χ3v) is 3.95. The highest BCUT2D eigenvalue weighted by Crippen LogP contribution is 2.30. The van der Waals surface area contributed by atoms with Crippen molar-refractivity contribution < 1.29 is 22.4 Å². The molecule has 1 rings (SSSR count). The van der Waals surface area contributed by atoms with E-state index in [1.165, 1.54) is 5.57 Å². The fraction of sp³-hybridized carbons (Fsp3) is 0.733. The van der Waals surface area contributed by atoms with Gasteiger partial charge in [0, 0.05) is 0 Å². The smallest absolute Gasteiger partial charge is 0.333 e. The largest absolute Gasteiger partial charge is 0.388 e. The lowest BCUT2D eigenvalue weighted by Crippen LogP contribution is -2.38. The molecule has 1 aliphatic rings. The fourth-order valence-corrected chi connectivity index (χ4v) is 2.85. The molecular weight excluding hydrogens is 306 g/mol. The summed E-state index contributed by atoms with van der Waals surface area (Å²) >= 11 is 0. The van der Waals surface area contributed by atoms with E-state index in [1.54, 1.807) is 0 Å². The zero-order valence-electron chi connectivity index (χ0n) is 13.7. The van der Waals surface area contributed by atoms with E-state index < -0.39 is 29.1 Å². The summed E-state index contributed by atoms with van der Waals surface area (Å²) in [6.45, 7) is 7.48. The first-order valence-corrected chi connectivity index (χ1v) is 9.02. The van der Waals surface area contributed by atoms with Crippen LogP contribution in [0, 0.1) is 5.92 Å². The second-order valence-corrected chi connectivity index (χ2v) is 7.12. The fourth-order valence-electron chi connectivity index (χ4n) is 2.52. The van der Waals surface area contributed by atoms with Gasteiger partial charge in [-0.05, 0) is 38.2 Å². The molecule has 3 unspecified atom stereocenters. The molecule has 0 fully saturated rings. The van der Waals surface area contributed by atoms with Crippen molar-refractivity contribution in [1.82, 2.24) is 0 Å². The van der Waals surface area contributed by atoms with Gasteiger partial charge in [0.2, 0.25) is 0 Å². The van der Waals surface area contributed by atoms with Gasteiger partial charge >= 0.3 is 10.3 Å². The number of nitrogens with two attached hydrogens (primary N) is 1. The van der Waals surface area contributed by atoms with Crippen LogP contribution in [0.2, 0.25) is 0 Å². The highest BCUT2D eigenvalue weighted by atomic mass is 32.2. The van der Waals surface area contributed by atoms with Crippen LogP contribution in [-0.4, -0.2) is 38.4 Å². The van der Waals surface area contributed by atoms with Crippen molar-refractivity contribution in [3.63, 3.8) is 0 Å². The molecule has 0 saturated heterocycles. The lowest BCUT2D eigenvalue weighted by atomic mass is 9.85. The molecule has 0 saturated carbocycles. The van der Waals surface area contributed by atoms with Gasteiger partial charge in [0.1, 0.15) is 12.2 Å². The van der Waals surface area contributed by atoms with Crippen molar-refractivity contribution >= 4 is 10.3 Å². The molecule has 0 aliphatic heterocycles. The van der Waals surface area contributed by atoms with Crippen LogP contribution in [-0.2, 0) is 19.2 Å². The third kappa shape index (κ3) is 6.18. The van der Waals surface area contributed by atoms with Crippen molar-refractivity contribution in [3.8, 4) is 0 Å². The van der Waals surface area contributed by atoms with Crippen LogP contribution in [0.15, 0.2) is 23.3 Å². The number of aliphatic hydroxyl groups excluding tert-OH is 1. The van der Waals surface area contributed by atoms with E-state index in [1.807, 2.05) is 19.9 Å². The van der Waals surface area contributed by atoms with Gasteiger partial charge in [-0.3, -0.25) is 4.18 Å². The van der Waals surface area contributed by atoms with E-state index in [-0.39, 0.29) is 6.10 Å². The van der Waals surface area contributed by atoms with Crippen LogP contribution < -0.4 is 5.14 Å². The molecule has 3 atom stereocenters. The predicted molar refractivity (Wildman–Crippen MR) is 85.3 cm³/mol. The van der Waals surface area contributed by atoms with E-state index in [0.717, 1.165) is 18.4 Å². The van der Waals surface area contributed by atoms with Gasteiger partial charge < -0.3 is 9.84 Å². The molecular formula is C15H27NO5S.